The fourth-order valence-electron chi connectivity index (χ4n) is 2.00. The number of phenols is 2. The molecule has 4 nitrogen and oxygen atoms in total. The van der Waals surface area contributed by atoms with Crippen LogP contribution in [0.3, 0.4) is 0 Å². The third kappa shape index (κ3) is 2.17. The molecule has 0 aliphatic carbocycles. The van der Waals surface area contributed by atoms with Crippen LogP contribution >= 0.6 is 0 Å². The van der Waals surface area contributed by atoms with Crippen LogP contribution in [-0.4, -0.2) is 18.6 Å². The Morgan fingerprint density at radius 1 is 0.895 bits per heavy atom. The zero-order chi connectivity index (χ0) is 14.2. The van der Waals surface area contributed by atoms with Gasteiger partial charge in [-0.2, -0.15) is 0 Å². The first kappa shape index (κ1) is 13.4. The Labute approximate surface area is 111 Å². The number of aryl methyl sites for hydroxylation is 2. The van der Waals surface area contributed by atoms with Crippen molar-refractivity contribution in [2.24, 2.45) is 0 Å². The first-order valence-corrected chi connectivity index (χ1v) is 7.16. The van der Waals surface area contributed by atoms with Gasteiger partial charge in [-0.1, -0.05) is 24.3 Å². The summed E-state index contributed by atoms with van der Waals surface area (Å²) in [5.74, 6) is -0.999. The lowest BCUT2D eigenvalue weighted by atomic mass is 10.1. The van der Waals surface area contributed by atoms with Crippen LogP contribution in [0.15, 0.2) is 46.2 Å². The molecule has 0 amide bonds. The highest BCUT2D eigenvalue weighted by Gasteiger charge is 2.26. The second kappa shape index (κ2) is 4.59. The second-order valence-corrected chi connectivity index (χ2v) is 6.24. The number of phenolic OH excluding ortho intramolecular Hbond substituents is 2. The van der Waals surface area contributed by atoms with Gasteiger partial charge in [0.1, 0.15) is 4.90 Å². The Kier molecular flexibility index (Phi) is 3.24. The molecule has 2 aromatic carbocycles. The van der Waals surface area contributed by atoms with E-state index >= 15 is 0 Å². The summed E-state index contributed by atoms with van der Waals surface area (Å²) in [5, 5.41) is 19.6. The fourth-order valence-corrected chi connectivity index (χ4v) is 3.58. The summed E-state index contributed by atoms with van der Waals surface area (Å²) in [5.41, 5.74) is 0.832. The molecule has 0 heterocycles. The van der Waals surface area contributed by atoms with Crippen molar-refractivity contribution in [2.45, 2.75) is 23.6 Å². The lowest BCUT2D eigenvalue weighted by Gasteiger charge is -2.12. The number of hydrogen-bond donors (Lipinski definition) is 2. The lowest BCUT2D eigenvalue weighted by molar-refractivity contribution is 0.390. The quantitative estimate of drug-likeness (QED) is 0.828. The number of rotatable bonds is 2. The summed E-state index contributed by atoms with van der Waals surface area (Å²) in [6.45, 7) is 3.18. The predicted octanol–water partition coefficient (Wildman–Crippen LogP) is 2.55. The molecule has 0 aromatic heterocycles. The van der Waals surface area contributed by atoms with Gasteiger partial charge in [0.2, 0.25) is 9.84 Å². The van der Waals surface area contributed by atoms with E-state index in [2.05, 4.69) is 0 Å². The van der Waals surface area contributed by atoms with Crippen LogP contribution in [0, 0.1) is 13.8 Å². The zero-order valence-electron chi connectivity index (χ0n) is 10.6. The van der Waals surface area contributed by atoms with Crippen molar-refractivity contribution in [2.75, 3.05) is 0 Å². The molecule has 0 unspecified atom stereocenters. The highest BCUT2D eigenvalue weighted by molar-refractivity contribution is 7.91. The van der Waals surface area contributed by atoms with Gasteiger partial charge >= 0.3 is 0 Å². The molecule has 0 aliphatic heterocycles. The summed E-state index contributed by atoms with van der Waals surface area (Å²) in [7, 11) is -3.85. The maximum atomic E-state index is 12.5. The highest BCUT2D eigenvalue weighted by Crippen LogP contribution is 2.39. The van der Waals surface area contributed by atoms with Crippen LogP contribution < -0.4 is 0 Å². The average molecular weight is 278 g/mol. The molecule has 0 radical (unpaired) electrons. The molecule has 2 aromatic rings. The Morgan fingerprint density at radius 2 is 1.47 bits per heavy atom. The Balaban J connectivity index is 2.77. The zero-order valence-corrected chi connectivity index (χ0v) is 11.4. The minimum absolute atomic E-state index is 0.0802. The maximum Gasteiger partial charge on any atom is 0.210 e. The number of sulfone groups is 1. The summed E-state index contributed by atoms with van der Waals surface area (Å²) in [6.07, 6.45) is 0. The van der Waals surface area contributed by atoms with Gasteiger partial charge in [0.15, 0.2) is 11.5 Å². The van der Waals surface area contributed by atoms with Crippen molar-refractivity contribution in [1.82, 2.24) is 0 Å². The Hall–Kier alpha value is -2.01. The van der Waals surface area contributed by atoms with E-state index in [1.807, 2.05) is 0 Å². The summed E-state index contributed by atoms with van der Waals surface area (Å²) < 4.78 is 24.9. The predicted molar refractivity (Wildman–Crippen MR) is 71.1 cm³/mol. The summed E-state index contributed by atoms with van der Waals surface area (Å²) >= 11 is 0. The van der Waals surface area contributed by atoms with E-state index in [1.54, 1.807) is 32.0 Å². The minimum atomic E-state index is -3.85. The van der Waals surface area contributed by atoms with Crippen LogP contribution in [0.25, 0.3) is 0 Å². The van der Waals surface area contributed by atoms with Gasteiger partial charge in [-0.15, -0.1) is 0 Å². The van der Waals surface area contributed by atoms with Gasteiger partial charge in [0.05, 0.1) is 4.90 Å². The molecule has 0 fully saturated rings. The lowest BCUT2D eigenvalue weighted by Crippen LogP contribution is -2.05. The molecule has 5 heteroatoms. The van der Waals surface area contributed by atoms with Crippen molar-refractivity contribution in [3.8, 4) is 11.5 Å². The summed E-state index contributed by atoms with van der Waals surface area (Å²) in [4.78, 5) is -0.168. The van der Waals surface area contributed by atoms with Crippen molar-refractivity contribution in [1.29, 1.82) is 0 Å². The summed E-state index contributed by atoms with van der Waals surface area (Å²) in [6, 6.07) is 9.35. The Morgan fingerprint density at radius 3 is 2.05 bits per heavy atom. The average Bonchev–Trinajstić information content (AvgIpc) is 2.37. The number of benzene rings is 2. The molecule has 0 bridgehead atoms. The van der Waals surface area contributed by atoms with Crippen LogP contribution in [-0.2, 0) is 9.84 Å². The van der Waals surface area contributed by atoms with E-state index < -0.39 is 21.3 Å². The molecule has 0 saturated carbocycles. The molecular weight excluding hydrogens is 264 g/mol. The molecule has 2 rings (SSSR count). The fraction of sp³-hybridized carbons (Fsp3) is 0.143. The normalized spacial score (nSPS) is 11.5. The molecule has 100 valence electrons. The van der Waals surface area contributed by atoms with E-state index in [0.29, 0.717) is 11.1 Å². The van der Waals surface area contributed by atoms with E-state index in [-0.39, 0.29) is 9.79 Å². The van der Waals surface area contributed by atoms with Crippen molar-refractivity contribution in [3.05, 3.63) is 47.5 Å². The molecule has 0 atom stereocenters. The molecule has 0 saturated heterocycles. The molecule has 0 aliphatic rings. The second-order valence-electron chi connectivity index (χ2n) is 4.35. The monoisotopic (exact) mass is 278 g/mol. The highest BCUT2D eigenvalue weighted by atomic mass is 32.2. The number of aromatic hydroxyl groups is 2. The first-order chi connectivity index (χ1) is 8.85. The first-order valence-electron chi connectivity index (χ1n) is 5.68. The Bertz CT molecular complexity index is 719. The molecule has 0 spiro atoms. The van der Waals surface area contributed by atoms with Crippen molar-refractivity contribution < 1.29 is 18.6 Å². The largest absolute Gasteiger partial charge is 0.504 e. The van der Waals surface area contributed by atoms with Crippen molar-refractivity contribution >= 4 is 9.84 Å². The van der Waals surface area contributed by atoms with Crippen LogP contribution in [0.2, 0.25) is 0 Å². The minimum Gasteiger partial charge on any atom is -0.504 e. The van der Waals surface area contributed by atoms with Gasteiger partial charge in [-0.05, 0) is 37.1 Å². The smallest absolute Gasteiger partial charge is 0.210 e. The van der Waals surface area contributed by atoms with E-state index in [0.717, 1.165) is 0 Å². The van der Waals surface area contributed by atoms with Gasteiger partial charge in [0, 0.05) is 0 Å². The van der Waals surface area contributed by atoms with E-state index in [1.165, 1.54) is 18.2 Å². The van der Waals surface area contributed by atoms with Crippen LogP contribution in [0.1, 0.15) is 11.1 Å². The third-order valence-electron chi connectivity index (χ3n) is 2.93. The van der Waals surface area contributed by atoms with E-state index in [9.17, 15) is 18.6 Å². The van der Waals surface area contributed by atoms with Gasteiger partial charge in [-0.3, -0.25) is 0 Å². The van der Waals surface area contributed by atoms with Crippen LogP contribution in [0.5, 0.6) is 11.5 Å². The maximum absolute atomic E-state index is 12.5. The third-order valence-corrected chi connectivity index (χ3v) is 4.87. The van der Waals surface area contributed by atoms with Crippen molar-refractivity contribution in [3.63, 3.8) is 0 Å². The van der Waals surface area contributed by atoms with E-state index in [4.69, 9.17) is 0 Å². The van der Waals surface area contributed by atoms with Gasteiger partial charge in [-0.25, -0.2) is 8.42 Å². The number of hydrogen-bond acceptors (Lipinski definition) is 4. The molecular formula is C14H14O4S. The van der Waals surface area contributed by atoms with Gasteiger partial charge < -0.3 is 10.2 Å². The standard InChI is InChI=1S/C14H14O4S/c1-9-8-10(2)14(13(16)12(9)15)19(17,18)11-6-4-3-5-7-11/h3-8,15-16H,1-2H3. The van der Waals surface area contributed by atoms with Crippen LogP contribution in [0.4, 0.5) is 0 Å². The van der Waals surface area contributed by atoms with Gasteiger partial charge in [0.25, 0.3) is 0 Å². The topological polar surface area (TPSA) is 74.6 Å². The molecule has 19 heavy (non-hydrogen) atoms. The SMILES string of the molecule is Cc1cc(C)c(S(=O)(=O)c2ccccc2)c(O)c1O. The molecule has 2 N–H and O–H groups in total.